The third kappa shape index (κ3) is 3.22. The molecule has 140 valence electrons. The molecule has 2 aliphatic rings. The topological polar surface area (TPSA) is 61.8 Å². The number of aliphatic hydroxyl groups excluding tert-OH is 1. The average molecular weight is 368 g/mol. The second-order valence-electron chi connectivity index (χ2n) is 6.72. The van der Waals surface area contributed by atoms with Gasteiger partial charge in [0.1, 0.15) is 18.2 Å². The van der Waals surface area contributed by atoms with Gasteiger partial charge in [-0.15, -0.1) is 0 Å². The highest BCUT2D eigenvalue weighted by Crippen LogP contribution is 2.41. The molecule has 2 aliphatic heterocycles. The molecule has 0 saturated heterocycles. The van der Waals surface area contributed by atoms with Crippen LogP contribution in [0.15, 0.2) is 36.4 Å². The van der Waals surface area contributed by atoms with E-state index < -0.39 is 0 Å². The van der Waals surface area contributed by atoms with Crippen LogP contribution in [0.2, 0.25) is 0 Å². The van der Waals surface area contributed by atoms with Crippen molar-refractivity contribution in [2.75, 3.05) is 25.0 Å². The van der Waals surface area contributed by atoms with Crippen molar-refractivity contribution in [2.45, 2.75) is 20.1 Å². The summed E-state index contributed by atoms with van der Waals surface area (Å²) >= 11 is 0. The van der Waals surface area contributed by atoms with Crippen molar-refractivity contribution >= 4 is 22.9 Å². The molecule has 2 aromatic rings. The lowest BCUT2D eigenvalue weighted by atomic mass is 9.99. The number of likely N-dealkylation sites (N-methyl/N-ethyl adjacent to an activating group) is 1. The van der Waals surface area contributed by atoms with Crippen LogP contribution in [0.3, 0.4) is 0 Å². The number of carbonyl (C=O) groups excluding carboxylic acids is 1. The normalized spacial score (nSPS) is 17.7. The third-order valence-corrected chi connectivity index (χ3v) is 5.01. The van der Waals surface area contributed by atoms with E-state index >= 15 is 0 Å². The number of nitrogens with zero attached hydrogens (tertiary/aromatic N) is 1. The Labute approximate surface area is 157 Å². The Morgan fingerprint density at radius 1 is 1.22 bits per heavy atom. The molecule has 6 heteroatoms. The lowest BCUT2D eigenvalue weighted by molar-refractivity contribution is -0.110. The number of aliphatic hydroxyl groups is 1. The molecular formula is C21H21FN2O3. The van der Waals surface area contributed by atoms with Crippen LogP contribution in [0.1, 0.15) is 29.2 Å². The summed E-state index contributed by atoms with van der Waals surface area (Å²) in [6.45, 7) is 4.79. The molecule has 0 aromatic heterocycles. The summed E-state index contributed by atoms with van der Waals surface area (Å²) in [6.07, 6.45) is 0. The van der Waals surface area contributed by atoms with E-state index in [2.05, 4.69) is 23.2 Å². The molecule has 0 bridgehead atoms. The first-order valence-electron chi connectivity index (χ1n) is 9.04. The molecule has 0 unspecified atom stereocenters. The minimum atomic E-state index is -0.388. The highest BCUT2D eigenvalue weighted by Gasteiger charge is 2.32. The molecule has 2 heterocycles. The second-order valence-corrected chi connectivity index (χ2v) is 6.72. The van der Waals surface area contributed by atoms with E-state index in [1.165, 1.54) is 12.1 Å². The minimum Gasteiger partial charge on any atom is -0.487 e. The van der Waals surface area contributed by atoms with Crippen molar-refractivity contribution in [1.82, 2.24) is 4.90 Å². The standard InChI is InChI=1S/C21H21FN2O3/c1-2-24(7-8-25)11-13-3-5-16-14(9-13)12-27-20(16)19-17-10-15(22)4-6-18(17)23-21(19)26/h3-6,9-10,25H,2,7-8,11-12H2,1H3,(H,23,26)/b20-19+. The minimum absolute atomic E-state index is 0.128. The van der Waals surface area contributed by atoms with E-state index in [1.54, 1.807) is 6.07 Å². The van der Waals surface area contributed by atoms with E-state index in [4.69, 9.17) is 9.84 Å². The van der Waals surface area contributed by atoms with Gasteiger partial charge in [-0.1, -0.05) is 25.1 Å². The molecule has 5 nitrogen and oxygen atoms in total. The van der Waals surface area contributed by atoms with Gasteiger partial charge in [-0.3, -0.25) is 9.69 Å². The van der Waals surface area contributed by atoms with Crippen molar-refractivity contribution in [3.05, 3.63) is 64.5 Å². The van der Waals surface area contributed by atoms with Crippen LogP contribution in [0.25, 0.3) is 11.3 Å². The Morgan fingerprint density at radius 3 is 2.85 bits per heavy atom. The molecule has 0 fully saturated rings. The number of hydrogen-bond donors (Lipinski definition) is 2. The fraction of sp³-hybridized carbons (Fsp3) is 0.286. The summed E-state index contributed by atoms with van der Waals surface area (Å²) in [4.78, 5) is 14.6. The molecule has 0 aliphatic carbocycles. The lowest BCUT2D eigenvalue weighted by Crippen LogP contribution is -2.26. The first-order valence-corrected chi connectivity index (χ1v) is 9.04. The summed E-state index contributed by atoms with van der Waals surface area (Å²) in [5.74, 6) is -0.163. The average Bonchev–Trinajstić information content (AvgIpc) is 3.20. The Kier molecular flexibility index (Phi) is 4.68. The van der Waals surface area contributed by atoms with Crippen LogP contribution in [-0.4, -0.2) is 35.6 Å². The summed E-state index contributed by atoms with van der Waals surface area (Å²) in [5, 5.41) is 11.9. The van der Waals surface area contributed by atoms with Crippen molar-refractivity contribution in [1.29, 1.82) is 0 Å². The van der Waals surface area contributed by atoms with Gasteiger partial charge in [0, 0.05) is 35.5 Å². The molecule has 0 saturated carbocycles. The number of carbonyl (C=O) groups is 1. The number of anilines is 1. The molecule has 1 amide bonds. The summed E-state index contributed by atoms with van der Waals surface area (Å²) < 4.78 is 19.5. The zero-order chi connectivity index (χ0) is 19.0. The van der Waals surface area contributed by atoms with Gasteiger partial charge in [0.15, 0.2) is 0 Å². The first-order chi connectivity index (χ1) is 13.1. The maximum Gasteiger partial charge on any atom is 0.260 e. The number of benzene rings is 2. The molecule has 27 heavy (non-hydrogen) atoms. The third-order valence-electron chi connectivity index (χ3n) is 5.01. The van der Waals surface area contributed by atoms with E-state index in [0.717, 1.165) is 29.8 Å². The number of amides is 1. The van der Waals surface area contributed by atoms with Crippen LogP contribution in [0.5, 0.6) is 0 Å². The Morgan fingerprint density at radius 2 is 2.07 bits per heavy atom. The number of ether oxygens (including phenoxy) is 1. The number of hydrogen-bond acceptors (Lipinski definition) is 4. The van der Waals surface area contributed by atoms with Gasteiger partial charge in [-0.25, -0.2) is 4.39 Å². The monoisotopic (exact) mass is 368 g/mol. The van der Waals surface area contributed by atoms with Gasteiger partial charge >= 0.3 is 0 Å². The van der Waals surface area contributed by atoms with Crippen LogP contribution < -0.4 is 5.32 Å². The molecule has 4 rings (SSSR count). The predicted molar refractivity (Wildman–Crippen MR) is 101 cm³/mol. The quantitative estimate of drug-likeness (QED) is 0.797. The lowest BCUT2D eigenvalue weighted by Gasteiger charge is -2.19. The van der Waals surface area contributed by atoms with Crippen LogP contribution in [-0.2, 0) is 22.7 Å². The molecule has 2 N–H and O–H groups in total. The SMILES string of the molecule is CCN(CCO)Cc1ccc2c(c1)CO/C2=C1/C(=O)Nc2ccc(F)cc21. The number of halogens is 1. The number of rotatable bonds is 5. The number of nitrogens with one attached hydrogen (secondary N) is 1. The van der Waals surface area contributed by atoms with E-state index in [-0.39, 0.29) is 18.3 Å². The molecular weight excluding hydrogens is 347 g/mol. The van der Waals surface area contributed by atoms with Crippen molar-refractivity contribution in [2.24, 2.45) is 0 Å². The summed E-state index contributed by atoms with van der Waals surface area (Å²) in [6, 6.07) is 10.3. The second kappa shape index (κ2) is 7.13. The Bertz CT molecular complexity index is 939. The van der Waals surface area contributed by atoms with Gasteiger partial charge in [-0.2, -0.15) is 0 Å². The molecule has 0 radical (unpaired) electrons. The van der Waals surface area contributed by atoms with E-state index in [1.807, 2.05) is 12.1 Å². The number of fused-ring (bicyclic) bond motifs is 2. The van der Waals surface area contributed by atoms with E-state index in [0.29, 0.717) is 35.7 Å². The van der Waals surface area contributed by atoms with Crippen LogP contribution >= 0.6 is 0 Å². The molecule has 2 aromatic carbocycles. The molecule has 0 atom stereocenters. The predicted octanol–water partition coefficient (Wildman–Crippen LogP) is 2.99. The Hall–Kier alpha value is -2.70. The largest absolute Gasteiger partial charge is 0.487 e. The fourth-order valence-corrected chi connectivity index (χ4v) is 3.63. The van der Waals surface area contributed by atoms with Gasteiger partial charge in [0.2, 0.25) is 0 Å². The summed E-state index contributed by atoms with van der Waals surface area (Å²) in [7, 11) is 0. The summed E-state index contributed by atoms with van der Waals surface area (Å²) in [5.41, 5.74) is 4.51. The zero-order valence-corrected chi connectivity index (χ0v) is 15.1. The zero-order valence-electron chi connectivity index (χ0n) is 15.1. The van der Waals surface area contributed by atoms with Gasteiger partial charge in [-0.05, 0) is 30.3 Å². The molecule has 0 spiro atoms. The van der Waals surface area contributed by atoms with Gasteiger partial charge < -0.3 is 15.2 Å². The highest BCUT2D eigenvalue weighted by atomic mass is 19.1. The smallest absolute Gasteiger partial charge is 0.260 e. The maximum absolute atomic E-state index is 13.7. The fourth-order valence-electron chi connectivity index (χ4n) is 3.63. The van der Waals surface area contributed by atoms with Crippen LogP contribution in [0, 0.1) is 5.82 Å². The van der Waals surface area contributed by atoms with Crippen LogP contribution in [0.4, 0.5) is 10.1 Å². The van der Waals surface area contributed by atoms with Gasteiger partial charge in [0.25, 0.3) is 5.91 Å². The van der Waals surface area contributed by atoms with Gasteiger partial charge in [0.05, 0.1) is 12.2 Å². The van der Waals surface area contributed by atoms with E-state index in [9.17, 15) is 9.18 Å². The van der Waals surface area contributed by atoms with Crippen molar-refractivity contribution in [3.63, 3.8) is 0 Å². The maximum atomic E-state index is 13.7. The first kappa shape index (κ1) is 17.7. The Balaban J connectivity index is 1.70. The van der Waals surface area contributed by atoms with Crippen molar-refractivity contribution in [3.8, 4) is 0 Å². The van der Waals surface area contributed by atoms with Crippen molar-refractivity contribution < 1.29 is 19.0 Å². The highest BCUT2D eigenvalue weighted by molar-refractivity contribution is 6.36.